The number of carbonyl (C=O) groups excluding carboxylic acids is 2. The maximum Gasteiger partial charge on any atom is 0.329 e. The van der Waals surface area contributed by atoms with E-state index in [0.717, 1.165) is 6.42 Å². The number of aliphatic carboxylic acids is 1. The van der Waals surface area contributed by atoms with Gasteiger partial charge in [0.05, 0.1) is 0 Å². The Kier molecular flexibility index (Phi) is 3.74. The molecule has 0 spiro atoms. The van der Waals surface area contributed by atoms with Gasteiger partial charge in [0, 0.05) is 18.2 Å². The minimum atomic E-state index is -1.14. The number of hydrogen-bond donors (Lipinski definition) is 3. The van der Waals surface area contributed by atoms with E-state index < -0.39 is 17.4 Å². The summed E-state index contributed by atoms with van der Waals surface area (Å²) < 4.78 is 0. The molecule has 0 radical (unpaired) electrons. The van der Waals surface area contributed by atoms with E-state index in [1.165, 1.54) is 13.0 Å². The van der Waals surface area contributed by atoms with Crippen LogP contribution in [0.5, 0.6) is 0 Å². The van der Waals surface area contributed by atoms with E-state index in [9.17, 15) is 19.5 Å². The predicted molar refractivity (Wildman–Crippen MR) is 72.4 cm³/mol. The molecule has 3 N–H and O–H groups in total. The second-order valence-corrected chi connectivity index (χ2v) is 4.96. The monoisotopic (exact) mass is 276 g/mol. The van der Waals surface area contributed by atoms with Crippen molar-refractivity contribution < 1.29 is 19.5 Å². The van der Waals surface area contributed by atoms with E-state index in [2.05, 4.69) is 10.6 Å². The Morgan fingerprint density at radius 2 is 1.95 bits per heavy atom. The Morgan fingerprint density at radius 1 is 1.25 bits per heavy atom. The van der Waals surface area contributed by atoms with Crippen LogP contribution in [0.4, 0.5) is 5.69 Å². The third kappa shape index (κ3) is 2.79. The van der Waals surface area contributed by atoms with E-state index in [1.807, 2.05) is 0 Å². The highest BCUT2D eigenvalue weighted by Gasteiger charge is 2.45. The molecule has 1 aliphatic carbocycles. The summed E-state index contributed by atoms with van der Waals surface area (Å²) in [6.45, 7) is 1.38. The van der Waals surface area contributed by atoms with Crippen LogP contribution in [0.3, 0.4) is 0 Å². The van der Waals surface area contributed by atoms with Crippen molar-refractivity contribution in [2.45, 2.75) is 31.7 Å². The second-order valence-electron chi connectivity index (χ2n) is 4.96. The van der Waals surface area contributed by atoms with Crippen LogP contribution >= 0.6 is 0 Å². The van der Waals surface area contributed by atoms with Crippen molar-refractivity contribution in [1.82, 2.24) is 5.32 Å². The lowest BCUT2D eigenvalue weighted by Gasteiger charge is -2.38. The number of benzene rings is 1. The number of carbonyl (C=O) groups is 3. The quantitative estimate of drug-likeness (QED) is 0.774. The summed E-state index contributed by atoms with van der Waals surface area (Å²) in [7, 11) is 0. The van der Waals surface area contributed by atoms with Gasteiger partial charge in [-0.3, -0.25) is 9.59 Å². The highest BCUT2D eigenvalue weighted by atomic mass is 16.4. The Hall–Kier alpha value is -2.37. The molecular formula is C14H16N2O4. The largest absolute Gasteiger partial charge is 0.480 e. The molecule has 1 aromatic carbocycles. The van der Waals surface area contributed by atoms with Crippen LogP contribution in [0.25, 0.3) is 0 Å². The molecule has 2 rings (SSSR count). The van der Waals surface area contributed by atoms with Gasteiger partial charge in [-0.25, -0.2) is 4.79 Å². The first-order valence-corrected chi connectivity index (χ1v) is 6.36. The topological polar surface area (TPSA) is 95.5 Å². The van der Waals surface area contributed by atoms with Gasteiger partial charge in [-0.15, -0.1) is 0 Å². The summed E-state index contributed by atoms with van der Waals surface area (Å²) in [5, 5.41) is 14.3. The minimum absolute atomic E-state index is 0.233. The number of carboxylic acids is 1. The zero-order valence-electron chi connectivity index (χ0n) is 11.1. The minimum Gasteiger partial charge on any atom is -0.480 e. The van der Waals surface area contributed by atoms with Crippen molar-refractivity contribution in [2.75, 3.05) is 5.32 Å². The van der Waals surface area contributed by atoms with Crippen molar-refractivity contribution in [1.29, 1.82) is 0 Å². The highest BCUT2D eigenvalue weighted by Crippen LogP contribution is 2.32. The predicted octanol–water partition coefficient (Wildman–Crippen LogP) is 1.38. The number of anilines is 1. The van der Waals surface area contributed by atoms with E-state index >= 15 is 0 Å². The summed E-state index contributed by atoms with van der Waals surface area (Å²) in [6.07, 6.45) is 1.68. The van der Waals surface area contributed by atoms with Gasteiger partial charge in [0.15, 0.2) is 0 Å². The average Bonchev–Trinajstić information content (AvgIpc) is 2.32. The zero-order valence-corrected chi connectivity index (χ0v) is 11.1. The molecule has 0 heterocycles. The maximum absolute atomic E-state index is 12.1. The summed E-state index contributed by atoms with van der Waals surface area (Å²) in [4.78, 5) is 34.3. The van der Waals surface area contributed by atoms with Crippen molar-refractivity contribution in [3.05, 3.63) is 29.8 Å². The zero-order chi connectivity index (χ0) is 14.8. The molecule has 0 unspecified atom stereocenters. The summed E-state index contributed by atoms with van der Waals surface area (Å²) >= 11 is 0. The molecule has 0 aromatic heterocycles. The lowest BCUT2D eigenvalue weighted by molar-refractivity contribution is -0.148. The van der Waals surface area contributed by atoms with Crippen LogP contribution in [-0.2, 0) is 9.59 Å². The third-order valence-electron chi connectivity index (χ3n) is 3.41. The normalized spacial score (nSPS) is 15.8. The van der Waals surface area contributed by atoms with Gasteiger partial charge in [0.25, 0.3) is 5.91 Å². The fourth-order valence-corrected chi connectivity index (χ4v) is 2.15. The summed E-state index contributed by atoms with van der Waals surface area (Å²) in [5.41, 5.74) is -0.312. The molecule has 20 heavy (non-hydrogen) atoms. The van der Waals surface area contributed by atoms with Crippen LogP contribution in [0.15, 0.2) is 24.3 Å². The first-order chi connectivity index (χ1) is 9.43. The Bertz CT molecular complexity index is 564. The number of amides is 2. The van der Waals surface area contributed by atoms with Crippen molar-refractivity contribution in [3.8, 4) is 0 Å². The fraction of sp³-hybridized carbons (Fsp3) is 0.357. The van der Waals surface area contributed by atoms with Gasteiger partial charge in [0.1, 0.15) is 5.54 Å². The molecule has 1 saturated carbocycles. The van der Waals surface area contributed by atoms with E-state index in [4.69, 9.17) is 0 Å². The molecule has 6 nitrogen and oxygen atoms in total. The number of carboxylic acid groups (broad SMARTS) is 1. The molecule has 2 amide bonds. The molecule has 0 bridgehead atoms. The van der Waals surface area contributed by atoms with E-state index in [1.54, 1.807) is 18.2 Å². The first kappa shape index (κ1) is 14.0. The molecule has 1 fully saturated rings. The number of rotatable bonds is 4. The maximum atomic E-state index is 12.1. The molecule has 0 aliphatic heterocycles. The van der Waals surface area contributed by atoms with Crippen LogP contribution in [0.2, 0.25) is 0 Å². The van der Waals surface area contributed by atoms with Crippen molar-refractivity contribution >= 4 is 23.5 Å². The van der Waals surface area contributed by atoms with Crippen LogP contribution in [-0.4, -0.2) is 28.4 Å². The number of nitrogens with one attached hydrogen (secondary N) is 2. The molecule has 1 aliphatic rings. The SMILES string of the molecule is CC(=O)Nc1cccc(C(=O)NC2(C(=O)O)CCC2)c1. The van der Waals surface area contributed by atoms with Crippen LogP contribution in [0, 0.1) is 0 Å². The van der Waals surface area contributed by atoms with Crippen LogP contribution in [0.1, 0.15) is 36.5 Å². The Balaban J connectivity index is 2.13. The van der Waals surface area contributed by atoms with Crippen LogP contribution < -0.4 is 10.6 Å². The third-order valence-corrected chi connectivity index (χ3v) is 3.41. The highest BCUT2D eigenvalue weighted by molar-refractivity contribution is 5.99. The van der Waals surface area contributed by atoms with E-state index in [-0.39, 0.29) is 5.91 Å². The van der Waals surface area contributed by atoms with E-state index in [0.29, 0.717) is 24.1 Å². The molecule has 106 valence electrons. The molecule has 1 aromatic rings. The second kappa shape index (κ2) is 5.32. The smallest absolute Gasteiger partial charge is 0.329 e. The van der Waals surface area contributed by atoms with Gasteiger partial charge in [0.2, 0.25) is 5.91 Å². The molecule has 0 atom stereocenters. The summed E-state index contributed by atoms with van der Waals surface area (Å²) in [6, 6.07) is 6.39. The number of hydrogen-bond acceptors (Lipinski definition) is 3. The lowest BCUT2D eigenvalue weighted by Crippen LogP contribution is -2.59. The van der Waals surface area contributed by atoms with Gasteiger partial charge in [-0.05, 0) is 37.5 Å². The molecule has 6 heteroatoms. The van der Waals surface area contributed by atoms with Gasteiger partial charge >= 0.3 is 5.97 Å². The average molecular weight is 276 g/mol. The lowest BCUT2D eigenvalue weighted by atomic mass is 9.76. The van der Waals surface area contributed by atoms with Crippen molar-refractivity contribution in [3.63, 3.8) is 0 Å². The first-order valence-electron chi connectivity index (χ1n) is 6.36. The Morgan fingerprint density at radius 3 is 2.45 bits per heavy atom. The standard InChI is InChI=1S/C14H16N2O4/c1-9(17)15-11-5-2-4-10(8-11)12(18)16-14(13(19)20)6-3-7-14/h2,4-5,8H,3,6-7H2,1H3,(H,15,17)(H,16,18)(H,19,20). The molecule has 0 saturated heterocycles. The van der Waals surface area contributed by atoms with Gasteiger partial charge < -0.3 is 15.7 Å². The fourth-order valence-electron chi connectivity index (χ4n) is 2.15. The summed E-state index contributed by atoms with van der Waals surface area (Å²) in [5.74, 6) is -1.68. The molecular weight excluding hydrogens is 260 g/mol. The van der Waals surface area contributed by atoms with Gasteiger partial charge in [-0.2, -0.15) is 0 Å². The van der Waals surface area contributed by atoms with Crippen molar-refractivity contribution in [2.24, 2.45) is 0 Å². The van der Waals surface area contributed by atoms with Gasteiger partial charge in [-0.1, -0.05) is 6.07 Å². The Labute approximate surface area is 116 Å².